The van der Waals surface area contributed by atoms with Crippen molar-refractivity contribution in [1.82, 2.24) is 4.90 Å². The van der Waals surface area contributed by atoms with Gasteiger partial charge in [-0.15, -0.1) is 0 Å². The molecule has 1 unspecified atom stereocenters. The van der Waals surface area contributed by atoms with E-state index in [0.29, 0.717) is 34.6 Å². The molecule has 8 heteroatoms. The molecule has 1 aliphatic rings. The summed E-state index contributed by atoms with van der Waals surface area (Å²) < 4.78 is 11.0. The number of methoxy groups -OCH3 is 1. The van der Waals surface area contributed by atoms with Crippen LogP contribution in [0.2, 0.25) is 10.0 Å². The van der Waals surface area contributed by atoms with E-state index in [1.165, 1.54) is 13.2 Å². The Balaban J connectivity index is 1.58. The Morgan fingerprint density at radius 3 is 2.44 bits per heavy atom. The lowest BCUT2D eigenvalue weighted by molar-refractivity contribution is -0.125. The van der Waals surface area contributed by atoms with E-state index in [0.717, 1.165) is 31.6 Å². The molecule has 1 heterocycles. The second-order valence-corrected chi connectivity index (χ2v) is 9.92. The van der Waals surface area contributed by atoms with Gasteiger partial charge in [0.25, 0.3) is 5.24 Å². The van der Waals surface area contributed by atoms with Crippen molar-refractivity contribution in [3.05, 3.63) is 57.6 Å². The second-order valence-electron chi connectivity index (χ2n) is 8.74. The Labute approximate surface area is 204 Å². The Morgan fingerprint density at radius 1 is 1.16 bits per heavy atom. The maximum atomic E-state index is 11.7. The zero-order chi connectivity index (χ0) is 23.5. The molecule has 0 amide bonds. The zero-order valence-corrected chi connectivity index (χ0v) is 20.7. The first kappa shape index (κ1) is 25.1. The second kappa shape index (κ2) is 10.2. The summed E-state index contributed by atoms with van der Waals surface area (Å²) in [6.07, 6.45) is 1.37. The molecule has 0 radical (unpaired) electrons. The lowest BCUT2D eigenvalue weighted by atomic mass is 9.66. The van der Waals surface area contributed by atoms with Crippen molar-refractivity contribution in [3.8, 4) is 11.5 Å². The first-order chi connectivity index (χ1) is 15.1. The zero-order valence-electron chi connectivity index (χ0n) is 18.5. The average molecular weight is 501 g/mol. The number of halogens is 3. The highest BCUT2D eigenvalue weighted by atomic mass is 35.5. The monoisotopic (exact) mass is 499 g/mol. The van der Waals surface area contributed by atoms with Gasteiger partial charge in [0.05, 0.1) is 29.9 Å². The molecular formula is C24H28Cl3NO4. The highest BCUT2D eigenvalue weighted by Gasteiger charge is 2.48. The quantitative estimate of drug-likeness (QED) is 0.368. The van der Waals surface area contributed by atoms with Crippen LogP contribution < -0.4 is 9.47 Å². The van der Waals surface area contributed by atoms with Crippen molar-refractivity contribution in [2.45, 2.75) is 32.3 Å². The van der Waals surface area contributed by atoms with Crippen LogP contribution >= 0.6 is 34.8 Å². The van der Waals surface area contributed by atoms with Crippen LogP contribution in [0, 0.1) is 5.41 Å². The number of carbonyl (C=O) groups excluding carboxylic acids is 1. The van der Waals surface area contributed by atoms with Gasteiger partial charge in [-0.25, -0.2) is 0 Å². The van der Waals surface area contributed by atoms with Crippen molar-refractivity contribution in [3.63, 3.8) is 0 Å². The number of hydrogen-bond donors (Lipinski definition) is 1. The maximum absolute atomic E-state index is 11.7. The summed E-state index contributed by atoms with van der Waals surface area (Å²) in [6, 6.07) is 10.5. The standard InChI is InChI=1S/C24H28Cl3NO4/c1-23(2)15-28(11-9-24(23,30)16-5-7-17(25)8-6-16)10-4-12-32-20-14-21(31-3)19(26)13-18(20)22(27)29/h5-8,13-14,30H,4,9-12,15H2,1-3H3. The fraction of sp³-hybridized carbons (Fsp3) is 0.458. The Morgan fingerprint density at radius 2 is 1.84 bits per heavy atom. The van der Waals surface area contributed by atoms with Crippen molar-refractivity contribution in [2.24, 2.45) is 5.41 Å². The third kappa shape index (κ3) is 5.35. The minimum absolute atomic E-state index is 0.213. The fourth-order valence-electron chi connectivity index (χ4n) is 4.31. The van der Waals surface area contributed by atoms with Gasteiger partial charge in [0, 0.05) is 36.1 Å². The molecule has 1 N–H and O–H groups in total. The number of carbonyl (C=O) groups is 1. The molecular weight excluding hydrogens is 473 g/mol. The minimum Gasteiger partial charge on any atom is -0.495 e. The number of nitrogens with zero attached hydrogens (tertiary/aromatic N) is 1. The van der Waals surface area contributed by atoms with Crippen molar-refractivity contribution < 1.29 is 19.4 Å². The number of ether oxygens (including phenoxy) is 2. The highest BCUT2D eigenvalue weighted by molar-refractivity contribution is 6.68. The summed E-state index contributed by atoms with van der Waals surface area (Å²) >= 11 is 17.8. The van der Waals surface area contributed by atoms with Crippen molar-refractivity contribution in [1.29, 1.82) is 0 Å². The molecule has 32 heavy (non-hydrogen) atoms. The molecule has 0 bridgehead atoms. The normalized spacial score (nSPS) is 20.7. The van der Waals surface area contributed by atoms with Gasteiger partial charge >= 0.3 is 0 Å². The highest BCUT2D eigenvalue weighted by Crippen LogP contribution is 2.46. The molecule has 0 aliphatic carbocycles. The Bertz CT molecular complexity index is 964. The van der Waals surface area contributed by atoms with E-state index in [1.54, 1.807) is 6.07 Å². The number of benzene rings is 2. The van der Waals surface area contributed by atoms with Gasteiger partial charge in [-0.1, -0.05) is 49.2 Å². The fourth-order valence-corrected chi connectivity index (χ4v) is 4.83. The smallest absolute Gasteiger partial charge is 0.256 e. The van der Waals surface area contributed by atoms with Gasteiger partial charge in [0.15, 0.2) is 0 Å². The molecule has 0 saturated carbocycles. The van der Waals surface area contributed by atoms with Gasteiger partial charge < -0.3 is 19.5 Å². The Kier molecular flexibility index (Phi) is 8.00. The van der Waals surface area contributed by atoms with E-state index < -0.39 is 10.8 Å². The number of rotatable bonds is 8. The predicted molar refractivity (Wildman–Crippen MR) is 128 cm³/mol. The average Bonchev–Trinajstić information content (AvgIpc) is 2.74. The Hall–Kier alpha value is -1.50. The van der Waals surface area contributed by atoms with E-state index in [4.69, 9.17) is 44.3 Å². The van der Waals surface area contributed by atoms with E-state index in [-0.39, 0.29) is 11.0 Å². The van der Waals surface area contributed by atoms with Crippen LogP contribution in [0.5, 0.6) is 11.5 Å². The molecule has 1 saturated heterocycles. The molecule has 1 fully saturated rings. The summed E-state index contributed by atoms with van der Waals surface area (Å²) in [4.78, 5) is 14.0. The SMILES string of the molecule is COc1cc(OCCCN2CCC(O)(c3ccc(Cl)cc3)C(C)(C)C2)c(C(=O)Cl)cc1Cl. The van der Waals surface area contributed by atoms with Crippen LogP contribution in [-0.4, -0.2) is 48.6 Å². The lowest BCUT2D eigenvalue weighted by Crippen LogP contribution is -2.55. The molecule has 2 aromatic carbocycles. The first-order valence-corrected chi connectivity index (χ1v) is 11.6. The van der Waals surface area contributed by atoms with Gasteiger partial charge in [0.2, 0.25) is 0 Å². The van der Waals surface area contributed by atoms with Crippen molar-refractivity contribution in [2.75, 3.05) is 33.4 Å². The molecule has 0 spiro atoms. The van der Waals surface area contributed by atoms with E-state index in [9.17, 15) is 9.90 Å². The molecule has 2 aromatic rings. The maximum Gasteiger partial charge on any atom is 0.256 e. The van der Waals surface area contributed by atoms with Crippen LogP contribution in [0.15, 0.2) is 36.4 Å². The predicted octanol–water partition coefficient (Wildman–Crippen LogP) is 5.77. The number of likely N-dealkylation sites (tertiary alicyclic amines) is 1. The van der Waals surface area contributed by atoms with Crippen LogP contribution in [0.3, 0.4) is 0 Å². The van der Waals surface area contributed by atoms with Gasteiger partial charge in [-0.2, -0.15) is 0 Å². The summed E-state index contributed by atoms with van der Waals surface area (Å²) in [7, 11) is 1.50. The van der Waals surface area contributed by atoms with E-state index >= 15 is 0 Å². The molecule has 0 aromatic heterocycles. The van der Waals surface area contributed by atoms with Crippen LogP contribution in [0.4, 0.5) is 0 Å². The van der Waals surface area contributed by atoms with E-state index in [1.807, 2.05) is 24.3 Å². The molecule has 1 aliphatic heterocycles. The lowest BCUT2D eigenvalue weighted by Gasteiger charge is -2.50. The third-order valence-corrected chi connectivity index (χ3v) is 6.94. The van der Waals surface area contributed by atoms with Crippen LogP contribution in [0.1, 0.15) is 42.6 Å². The number of aliphatic hydroxyl groups is 1. The molecule has 3 rings (SSSR count). The first-order valence-electron chi connectivity index (χ1n) is 10.5. The molecule has 5 nitrogen and oxygen atoms in total. The van der Waals surface area contributed by atoms with Gasteiger partial charge in [-0.3, -0.25) is 4.79 Å². The van der Waals surface area contributed by atoms with Gasteiger partial charge in [0.1, 0.15) is 11.5 Å². The molecule has 174 valence electrons. The van der Waals surface area contributed by atoms with Crippen LogP contribution in [-0.2, 0) is 5.60 Å². The van der Waals surface area contributed by atoms with E-state index in [2.05, 4.69) is 18.7 Å². The summed E-state index contributed by atoms with van der Waals surface area (Å²) in [5.74, 6) is 0.768. The van der Waals surface area contributed by atoms with Crippen LogP contribution in [0.25, 0.3) is 0 Å². The number of hydrogen-bond acceptors (Lipinski definition) is 5. The topological polar surface area (TPSA) is 59.0 Å². The number of piperidine rings is 1. The third-order valence-electron chi connectivity index (χ3n) is 6.19. The summed E-state index contributed by atoms with van der Waals surface area (Å²) in [6.45, 7) is 6.88. The summed E-state index contributed by atoms with van der Waals surface area (Å²) in [5.41, 5.74) is -0.156. The van der Waals surface area contributed by atoms with Crippen molar-refractivity contribution >= 4 is 40.0 Å². The summed E-state index contributed by atoms with van der Waals surface area (Å²) in [5, 5.41) is 11.8. The molecule has 1 atom stereocenters. The van der Waals surface area contributed by atoms with Gasteiger partial charge in [-0.05, 0) is 48.2 Å². The largest absolute Gasteiger partial charge is 0.495 e. The minimum atomic E-state index is -0.917.